The third kappa shape index (κ3) is 44.0. The minimum Gasteiger partial charge on any atom is -0.462 e. The summed E-state index contributed by atoms with van der Waals surface area (Å²) < 4.78 is 16.8. The summed E-state index contributed by atoms with van der Waals surface area (Å²) in [5.41, 5.74) is 0. The maximum absolute atomic E-state index is 12.8. The molecule has 0 aliphatic heterocycles. The fraction of sp³-hybridized carbons (Fsp3) is 0.942. The predicted octanol–water partition coefficient (Wildman–Crippen LogP) is 16.5. The van der Waals surface area contributed by atoms with Crippen LogP contribution in [-0.2, 0) is 28.6 Å². The smallest absolute Gasteiger partial charge is 0.306 e. The molecule has 0 aromatic heterocycles. The lowest BCUT2D eigenvalue weighted by Crippen LogP contribution is -2.30. The monoisotopic (exact) mass is 821 g/mol. The van der Waals surface area contributed by atoms with Crippen LogP contribution in [0.3, 0.4) is 0 Å². The van der Waals surface area contributed by atoms with Crippen LogP contribution >= 0.6 is 0 Å². The van der Waals surface area contributed by atoms with Crippen LogP contribution < -0.4 is 0 Å². The highest BCUT2D eigenvalue weighted by Gasteiger charge is 2.19. The SMILES string of the molecule is CCCCCCCCCCCCCCC(=O)OC[C@@H](COC(=O)CCCCCCCCCCC(C)CC)OC(=O)CCCCCCCCCCCCCCCC(C)C. The zero-order valence-electron chi connectivity index (χ0n) is 39.7. The molecule has 0 bridgehead atoms. The van der Waals surface area contributed by atoms with Crippen LogP contribution in [0.2, 0.25) is 0 Å². The third-order valence-corrected chi connectivity index (χ3v) is 12.1. The predicted molar refractivity (Wildman–Crippen MR) is 247 cm³/mol. The molecule has 0 aliphatic carbocycles. The van der Waals surface area contributed by atoms with Crippen LogP contribution in [0.1, 0.15) is 285 Å². The molecule has 0 heterocycles. The normalized spacial score (nSPS) is 12.5. The maximum Gasteiger partial charge on any atom is 0.306 e. The molecule has 58 heavy (non-hydrogen) atoms. The summed E-state index contributed by atoms with van der Waals surface area (Å²) in [5.74, 6) is 0.837. The Kier molecular flexibility index (Phi) is 43.7. The summed E-state index contributed by atoms with van der Waals surface area (Å²) >= 11 is 0. The van der Waals surface area contributed by atoms with Gasteiger partial charge in [0.1, 0.15) is 13.2 Å². The van der Waals surface area contributed by atoms with Crippen molar-refractivity contribution in [3.8, 4) is 0 Å². The highest BCUT2D eigenvalue weighted by Crippen LogP contribution is 2.18. The molecule has 0 aromatic rings. The molecule has 1 unspecified atom stereocenters. The minimum atomic E-state index is -0.761. The van der Waals surface area contributed by atoms with E-state index < -0.39 is 6.10 Å². The summed E-state index contributed by atoms with van der Waals surface area (Å²) in [7, 11) is 0. The Hall–Kier alpha value is -1.59. The van der Waals surface area contributed by atoms with Gasteiger partial charge in [0.05, 0.1) is 0 Å². The van der Waals surface area contributed by atoms with Crippen molar-refractivity contribution < 1.29 is 28.6 Å². The molecule has 0 rings (SSSR count). The molecule has 0 spiro atoms. The first-order chi connectivity index (χ1) is 28.3. The number of carbonyl (C=O) groups excluding carboxylic acids is 3. The Morgan fingerprint density at radius 3 is 0.983 bits per heavy atom. The van der Waals surface area contributed by atoms with Crippen molar-refractivity contribution in [3.63, 3.8) is 0 Å². The molecule has 6 nitrogen and oxygen atoms in total. The van der Waals surface area contributed by atoms with Crippen molar-refractivity contribution in [1.82, 2.24) is 0 Å². The standard InChI is InChI=1S/C52H100O6/c1-6-8-9-10-11-12-13-18-21-27-32-37-42-50(53)56-45-49(46-57-51(54)43-38-33-28-24-23-26-31-36-41-48(5)7-2)58-52(55)44-39-34-29-22-19-16-14-15-17-20-25-30-35-40-47(3)4/h47-49H,6-46H2,1-5H3/t48?,49-/m0/s1. The van der Waals surface area contributed by atoms with Gasteiger partial charge in [0.25, 0.3) is 0 Å². The second-order valence-electron chi connectivity index (χ2n) is 18.5. The Morgan fingerprint density at radius 2 is 0.655 bits per heavy atom. The zero-order valence-corrected chi connectivity index (χ0v) is 39.7. The molecule has 0 saturated carbocycles. The van der Waals surface area contributed by atoms with Gasteiger partial charge in [-0.3, -0.25) is 14.4 Å². The van der Waals surface area contributed by atoms with Gasteiger partial charge >= 0.3 is 17.9 Å². The van der Waals surface area contributed by atoms with Gasteiger partial charge in [0.2, 0.25) is 0 Å². The van der Waals surface area contributed by atoms with Gasteiger partial charge in [-0.15, -0.1) is 0 Å². The van der Waals surface area contributed by atoms with Gasteiger partial charge in [0, 0.05) is 19.3 Å². The van der Waals surface area contributed by atoms with Gasteiger partial charge in [0.15, 0.2) is 6.10 Å². The van der Waals surface area contributed by atoms with E-state index in [0.717, 1.165) is 69.6 Å². The lowest BCUT2D eigenvalue weighted by atomic mass is 9.99. The highest BCUT2D eigenvalue weighted by molar-refractivity contribution is 5.71. The van der Waals surface area contributed by atoms with Crippen LogP contribution in [0.15, 0.2) is 0 Å². The van der Waals surface area contributed by atoms with E-state index in [4.69, 9.17) is 14.2 Å². The molecular formula is C52H100O6. The molecule has 6 heteroatoms. The molecule has 0 aromatic carbocycles. The van der Waals surface area contributed by atoms with Gasteiger partial charge in [-0.2, -0.15) is 0 Å². The first kappa shape index (κ1) is 56.4. The van der Waals surface area contributed by atoms with E-state index in [1.54, 1.807) is 0 Å². The number of rotatable bonds is 46. The Labute approximate surface area is 361 Å². The largest absolute Gasteiger partial charge is 0.462 e. The van der Waals surface area contributed by atoms with Crippen molar-refractivity contribution in [2.45, 2.75) is 291 Å². The van der Waals surface area contributed by atoms with Gasteiger partial charge in [-0.25, -0.2) is 0 Å². The summed E-state index contributed by atoms with van der Waals surface area (Å²) in [5, 5.41) is 0. The van der Waals surface area contributed by atoms with E-state index in [9.17, 15) is 14.4 Å². The quantitative estimate of drug-likeness (QED) is 0.0346. The van der Waals surface area contributed by atoms with E-state index in [1.807, 2.05) is 0 Å². The maximum atomic E-state index is 12.8. The molecule has 344 valence electrons. The summed E-state index contributed by atoms with van der Waals surface area (Å²) in [6, 6.07) is 0. The first-order valence-corrected chi connectivity index (χ1v) is 25.8. The number of hydrogen-bond acceptors (Lipinski definition) is 6. The summed E-state index contributed by atoms with van der Waals surface area (Å²) in [6.07, 6.45) is 45.1. The lowest BCUT2D eigenvalue weighted by Gasteiger charge is -2.18. The highest BCUT2D eigenvalue weighted by atomic mass is 16.6. The van der Waals surface area contributed by atoms with Crippen LogP contribution in [-0.4, -0.2) is 37.2 Å². The van der Waals surface area contributed by atoms with E-state index in [-0.39, 0.29) is 31.1 Å². The third-order valence-electron chi connectivity index (χ3n) is 12.1. The summed E-state index contributed by atoms with van der Waals surface area (Å²) in [6.45, 7) is 11.4. The van der Waals surface area contributed by atoms with E-state index in [1.165, 1.54) is 173 Å². The lowest BCUT2D eigenvalue weighted by molar-refractivity contribution is -0.167. The van der Waals surface area contributed by atoms with Gasteiger partial charge in [-0.1, -0.05) is 247 Å². The van der Waals surface area contributed by atoms with Crippen molar-refractivity contribution in [1.29, 1.82) is 0 Å². The average Bonchev–Trinajstić information content (AvgIpc) is 3.21. The van der Waals surface area contributed by atoms with E-state index >= 15 is 0 Å². The van der Waals surface area contributed by atoms with Crippen molar-refractivity contribution in [2.75, 3.05) is 13.2 Å². The Bertz CT molecular complexity index is 887. The number of esters is 3. The van der Waals surface area contributed by atoms with Gasteiger partial charge < -0.3 is 14.2 Å². The Balaban J connectivity index is 4.32. The number of ether oxygens (including phenoxy) is 3. The molecule has 0 amide bonds. The van der Waals surface area contributed by atoms with Crippen LogP contribution in [0.4, 0.5) is 0 Å². The average molecular weight is 821 g/mol. The minimum absolute atomic E-state index is 0.0639. The number of hydrogen-bond donors (Lipinski definition) is 0. The summed E-state index contributed by atoms with van der Waals surface area (Å²) in [4.78, 5) is 37.9. The fourth-order valence-corrected chi connectivity index (χ4v) is 7.78. The zero-order chi connectivity index (χ0) is 42.6. The topological polar surface area (TPSA) is 78.9 Å². The van der Waals surface area contributed by atoms with Crippen molar-refractivity contribution in [3.05, 3.63) is 0 Å². The van der Waals surface area contributed by atoms with Crippen molar-refractivity contribution >= 4 is 17.9 Å². The van der Waals surface area contributed by atoms with Crippen LogP contribution in [0.25, 0.3) is 0 Å². The molecule has 0 saturated heterocycles. The van der Waals surface area contributed by atoms with Crippen LogP contribution in [0, 0.1) is 11.8 Å². The fourth-order valence-electron chi connectivity index (χ4n) is 7.78. The van der Waals surface area contributed by atoms with Crippen LogP contribution in [0.5, 0.6) is 0 Å². The van der Waals surface area contributed by atoms with Gasteiger partial charge in [-0.05, 0) is 31.1 Å². The van der Waals surface area contributed by atoms with Crippen molar-refractivity contribution in [2.24, 2.45) is 11.8 Å². The molecule has 0 fully saturated rings. The number of carbonyl (C=O) groups is 3. The molecule has 0 aliphatic rings. The molecular weight excluding hydrogens is 721 g/mol. The number of unbranched alkanes of at least 4 members (excludes halogenated alkanes) is 30. The second kappa shape index (κ2) is 44.9. The second-order valence-corrected chi connectivity index (χ2v) is 18.5. The Morgan fingerprint density at radius 1 is 0.362 bits per heavy atom. The van der Waals surface area contributed by atoms with E-state index in [0.29, 0.717) is 19.3 Å². The first-order valence-electron chi connectivity index (χ1n) is 25.8. The molecule has 0 radical (unpaired) electrons. The molecule has 2 atom stereocenters. The van der Waals surface area contributed by atoms with E-state index in [2.05, 4.69) is 34.6 Å². The molecule has 0 N–H and O–H groups in total.